The van der Waals surface area contributed by atoms with Crippen molar-refractivity contribution in [1.82, 2.24) is 4.98 Å². The lowest BCUT2D eigenvalue weighted by molar-refractivity contribution is -0.209. The van der Waals surface area contributed by atoms with Crippen molar-refractivity contribution in [2.24, 2.45) is 17.3 Å². The van der Waals surface area contributed by atoms with Gasteiger partial charge in [0.15, 0.2) is 5.78 Å². The summed E-state index contributed by atoms with van der Waals surface area (Å²) in [5, 5.41) is 11.7. The number of benzene rings is 1. The first-order chi connectivity index (χ1) is 17.7. The van der Waals surface area contributed by atoms with E-state index >= 15 is 8.78 Å². The van der Waals surface area contributed by atoms with Crippen molar-refractivity contribution in [1.29, 1.82) is 0 Å². The Morgan fingerprint density at radius 1 is 1.14 bits per heavy atom. The van der Waals surface area contributed by atoms with Gasteiger partial charge < -0.3 is 5.11 Å². The number of pyridine rings is 1. The van der Waals surface area contributed by atoms with Gasteiger partial charge in [-0.2, -0.15) is 8.78 Å². The minimum Gasteiger partial charge on any atom is -0.382 e. The highest BCUT2D eigenvalue weighted by molar-refractivity contribution is 5.93. The van der Waals surface area contributed by atoms with Crippen LogP contribution in [0.2, 0.25) is 0 Å². The standard InChI is InChI=1S/C32H31F2NO2/c1-3-32(33,34)31(37)14-13-28-26-11-9-22-17-24(36)10-12-25(22)29(26)27(18-30(28,31)2)21-7-4-6-20(16-21)23-8-5-15-35-19-23/h1,4-8,15-17,19,26-28,37H,9-14,18H2,2H3. The lowest BCUT2D eigenvalue weighted by Gasteiger charge is -2.55. The summed E-state index contributed by atoms with van der Waals surface area (Å²) in [5.41, 5.74) is 3.40. The third-order valence-electron chi connectivity index (χ3n) is 9.87. The number of halogens is 2. The van der Waals surface area contributed by atoms with Crippen LogP contribution in [0.4, 0.5) is 8.78 Å². The molecular weight excluding hydrogens is 468 g/mol. The van der Waals surface area contributed by atoms with Gasteiger partial charge in [-0.25, -0.2) is 0 Å². The largest absolute Gasteiger partial charge is 0.382 e. The zero-order chi connectivity index (χ0) is 26.0. The second-order valence-electron chi connectivity index (χ2n) is 11.5. The van der Waals surface area contributed by atoms with E-state index in [-0.39, 0.29) is 30.0 Å². The lowest BCUT2D eigenvalue weighted by atomic mass is 9.50. The van der Waals surface area contributed by atoms with Gasteiger partial charge in [0.1, 0.15) is 5.60 Å². The first-order valence-corrected chi connectivity index (χ1v) is 13.2. The van der Waals surface area contributed by atoms with Crippen LogP contribution in [0.15, 0.2) is 71.6 Å². The van der Waals surface area contributed by atoms with E-state index in [0.717, 1.165) is 35.1 Å². The van der Waals surface area contributed by atoms with Crippen LogP contribution in [-0.4, -0.2) is 27.4 Å². The molecule has 5 heteroatoms. The van der Waals surface area contributed by atoms with E-state index < -0.39 is 16.9 Å². The number of rotatable bonds is 3. The van der Waals surface area contributed by atoms with E-state index in [1.54, 1.807) is 18.2 Å². The molecule has 2 aromatic rings. The van der Waals surface area contributed by atoms with E-state index in [1.165, 1.54) is 11.1 Å². The number of aromatic nitrogens is 1. The second kappa shape index (κ2) is 8.46. The molecule has 4 aliphatic rings. The van der Waals surface area contributed by atoms with Gasteiger partial charge in [0.2, 0.25) is 0 Å². The molecular formula is C32H31F2NO2. The Balaban J connectivity index is 1.54. The minimum atomic E-state index is -3.61. The van der Waals surface area contributed by atoms with Crippen molar-refractivity contribution in [3.8, 4) is 23.5 Å². The van der Waals surface area contributed by atoms with Gasteiger partial charge in [-0.3, -0.25) is 9.78 Å². The van der Waals surface area contributed by atoms with Crippen LogP contribution in [0, 0.1) is 29.6 Å². The number of alkyl halides is 2. The van der Waals surface area contributed by atoms with Gasteiger partial charge in [-0.15, -0.1) is 6.42 Å². The summed E-state index contributed by atoms with van der Waals surface area (Å²) >= 11 is 0. The lowest BCUT2D eigenvalue weighted by Crippen LogP contribution is -2.60. The van der Waals surface area contributed by atoms with Crippen molar-refractivity contribution in [2.75, 3.05) is 0 Å². The number of hydrogen-bond donors (Lipinski definition) is 1. The molecule has 0 saturated heterocycles. The van der Waals surface area contributed by atoms with Gasteiger partial charge in [0.05, 0.1) is 0 Å². The van der Waals surface area contributed by atoms with Gasteiger partial charge in [0.25, 0.3) is 0 Å². The van der Waals surface area contributed by atoms with Crippen molar-refractivity contribution < 1.29 is 18.7 Å². The predicted octanol–water partition coefficient (Wildman–Crippen LogP) is 6.65. The first kappa shape index (κ1) is 24.2. The number of nitrogens with zero attached hydrogens (tertiary/aromatic N) is 1. The molecule has 1 heterocycles. The average molecular weight is 500 g/mol. The van der Waals surface area contributed by atoms with Crippen LogP contribution >= 0.6 is 0 Å². The summed E-state index contributed by atoms with van der Waals surface area (Å²) in [6, 6.07) is 12.1. The summed E-state index contributed by atoms with van der Waals surface area (Å²) in [6.07, 6.45) is 14.3. The fraction of sp³-hybridized carbons (Fsp3) is 0.438. The Labute approximate surface area is 216 Å². The van der Waals surface area contributed by atoms with Crippen LogP contribution in [0.5, 0.6) is 0 Å². The number of fused-ring (bicyclic) bond motifs is 4. The quantitative estimate of drug-likeness (QED) is 0.481. The fourth-order valence-corrected chi connectivity index (χ4v) is 8.07. The van der Waals surface area contributed by atoms with Crippen molar-refractivity contribution in [2.45, 2.75) is 69.3 Å². The number of allylic oxidation sites excluding steroid dienone is 4. The molecule has 1 aromatic carbocycles. The van der Waals surface area contributed by atoms with Gasteiger partial charge in [-0.05, 0) is 96.3 Å². The molecule has 1 aromatic heterocycles. The zero-order valence-electron chi connectivity index (χ0n) is 21.0. The van der Waals surface area contributed by atoms with E-state index in [2.05, 4.69) is 17.1 Å². The topological polar surface area (TPSA) is 50.2 Å². The molecule has 2 saturated carbocycles. The molecule has 5 unspecified atom stereocenters. The van der Waals surface area contributed by atoms with E-state index in [0.29, 0.717) is 25.7 Å². The molecule has 4 aliphatic carbocycles. The molecule has 3 nitrogen and oxygen atoms in total. The molecule has 0 radical (unpaired) electrons. The maximum Gasteiger partial charge on any atom is 0.336 e. The summed E-state index contributed by atoms with van der Waals surface area (Å²) in [5.74, 6) is -1.96. The molecule has 0 spiro atoms. The van der Waals surface area contributed by atoms with Crippen LogP contribution in [-0.2, 0) is 4.79 Å². The zero-order valence-corrected chi connectivity index (χ0v) is 21.0. The number of ketones is 1. The summed E-state index contributed by atoms with van der Waals surface area (Å²) in [6.45, 7) is 1.84. The Kier molecular flexibility index (Phi) is 5.55. The third kappa shape index (κ3) is 3.49. The molecule has 0 amide bonds. The number of carbonyl (C=O) groups excluding carboxylic acids is 1. The normalized spacial score (nSPS) is 33.2. The maximum absolute atomic E-state index is 15.3. The Morgan fingerprint density at radius 3 is 2.70 bits per heavy atom. The summed E-state index contributed by atoms with van der Waals surface area (Å²) < 4.78 is 30.5. The van der Waals surface area contributed by atoms with Gasteiger partial charge in [0, 0.05) is 30.1 Å². The molecule has 1 N–H and O–H groups in total. The summed E-state index contributed by atoms with van der Waals surface area (Å²) in [7, 11) is 0. The van der Waals surface area contributed by atoms with Gasteiger partial charge in [-0.1, -0.05) is 42.8 Å². The van der Waals surface area contributed by atoms with E-state index in [4.69, 9.17) is 6.42 Å². The Hall–Kier alpha value is -3.10. The fourth-order valence-electron chi connectivity index (χ4n) is 8.07. The number of terminal acetylenes is 1. The van der Waals surface area contributed by atoms with E-state index in [1.807, 2.05) is 37.4 Å². The maximum atomic E-state index is 15.3. The molecule has 0 aliphatic heterocycles. The highest BCUT2D eigenvalue weighted by Crippen LogP contribution is 2.69. The highest BCUT2D eigenvalue weighted by atomic mass is 19.3. The average Bonchev–Trinajstić information content (AvgIpc) is 3.20. The van der Waals surface area contributed by atoms with Crippen LogP contribution < -0.4 is 0 Å². The molecule has 6 rings (SSSR count). The summed E-state index contributed by atoms with van der Waals surface area (Å²) in [4.78, 5) is 16.5. The van der Waals surface area contributed by atoms with Crippen molar-refractivity contribution >= 4 is 5.78 Å². The molecule has 0 bridgehead atoms. The predicted molar refractivity (Wildman–Crippen MR) is 139 cm³/mol. The van der Waals surface area contributed by atoms with E-state index in [9.17, 15) is 9.90 Å². The molecule has 190 valence electrons. The van der Waals surface area contributed by atoms with Gasteiger partial charge >= 0.3 is 5.92 Å². The highest BCUT2D eigenvalue weighted by Gasteiger charge is 2.71. The van der Waals surface area contributed by atoms with Crippen molar-refractivity contribution in [3.63, 3.8) is 0 Å². The Morgan fingerprint density at radius 2 is 1.95 bits per heavy atom. The molecule has 2 fully saturated rings. The first-order valence-electron chi connectivity index (χ1n) is 13.2. The van der Waals surface area contributed by atoms with Crippen LogP contribution in [0.1, 0.15) is 63.4 Å². The molecule has 37 heavy (non-hydrogen) atoms. The monoisotopic (exact) mass is 499 g/mol. The third-order valence-corrected chi connectivity index (χ3v) is 9.87. The number of hydrogen-bond acceptors (Lipinski definition) is 3. The van der Waals surface area contributed by atoms with Crippen molar-refractivity contribution in [3.05, 3.63) is 77.2 Å². The minimum absolute atomic E-state index is 0.00585. The second-order valence-corrected chi connectivity index (χ2v) is 11.5. The smallest absolute Gasteiger partial charge is 0.336 e. The number of aliphatic hydroxyl groups is 1. The van der Waals surface area contributed by atoms with Crippen LogP contribution in [0.3, 0.4) is 0 Å². The van der Waals surface area contributed by atoms with Crippen LogP contribution in [0.25, 0.3) is 11.1 Å². The SMILES string of the molecule is C#CC(F)(F)C1(O)CCC2C3CCC4=CC(=O)CCC4=C3C(c3cccc(-c4cccnc4)c3)CC21C. The molecule has 5 atom stereocenters. The number of carbonyl (C=O) groups is 1. The Bertz CT molecular complexity index is 1370.